The van der Waals surface area contributed by atoms with Crippen molar-refractivity contribution in [3.63, 3.8) is 0 Å². The molecule has 0 saturated carbocycles. The summed E-state index contributed by atoms with van der Waals surface area (Å²) in [6, 6.07) is 21.2. The van der Waals surface area contributed by atoms with Crippen molar-refractivity contribution in [1.82, 2.24) is 4.98 Å². The summed E-state index contributed by atoms with van der Waals surface area (Å²) in [6.45, 7) is 0. The molecule has 0 saturated heterocycles. The maximum absolute atomic E-state index is 12.4. The second kappa shape index (κ2) is 7.19. The van der Waals surface area contributed by atoms with Crippen LogP contribution in [-0.2, 0) is 0 Å². The molecule has 3 rings (SSSR count). The van der Waals surface area contributed by atoms with Gasteiger partial charge in [-0.1, -0.05) is 36.4 Å². The third-order valence-electron chi connectivity index (χ3n) is 3.34. The fourth-order valence-corrected chi connectivity index (χ4v) is 2.18. The second-order valence-electron chi connectivity index (χ2n) is 5.04. The van der Waals surface area contributed by atoms with Crippen LogP contribution >= 0.6 is 0 Å². The largest absolute Gasteiger partial charge is 0.321 e. The van der Waals surface area contributed by atoms with Crippen LogP contribution in [0.1, 0.15) is 20.8 Å². The number of nitrogens with one attached hydrogen (secondary N) is 2. The molecule has 2 amide bonds. The molecule has 0 bridgehead atoms. The summed E-state index contributed by atoms with van der Waals surface area (Å²) < 4.78 is 0. The summed E-state index contributed by atoms with van der Waals surface area (Å²) in [6.07, 6.45) is 1.51. The Morgan fingerprint density at radius 2 is 1.38 bits per heavy atom. The lowest BCUT2D eigenvalue weighted by Crippen LogP contribution is -2.19. The van der Waals surface area contributed by atoms with Gasteiger partial charge in [-0.2, -0.15) is 0 Å². The van der Waals surface area contributed by atoms with E-state index < -0.39 is 0 Å². The van der Waals surface area contributed by atoms with Gasteiger partial charge in [-0.05, 0) is 36.4 Å². The van der Waals surface area contributed by atoms with E-state index in [4.69, 9.17) is 0 Å². The number of pyridine rings is 1. The van der Waals surface area contributed by atoms with Crippen molar-refractivity contribution in [2.75, 3.05) is 10.6 Å². The molecule has 0 aliphatic carbocycles. The van der Waals surface area contributed by atoms with Gasteiger partial charge in [-0.15, -0.1) is 0 Å². The Balaban J connectivity index is 1.80. The van der Waals surface area contributed by atoms with Crippen LogP contribution in [0.25, 0.3) is 0 Å². The van der Waals surface area contributed by atoms with E-state index in [9.17, 15) is 9.59 Å². The number of anilines is 2. The molecule has 5 nitrogen and oxygen atoms in total. The van der Waals surface area contributed by atoms with Crippen molar-refractivity contribution < 1.29 is 9.59 Å². The van der Waals surface area contributed by atoms with Crippen molar-refractivity contribution in [3.8, 4) is 0 Å². The molecule has 0 fully saturated rings. The van der Waals surface area contributed by atoms with Gasteiger partial charge < -0.3 is 10.6 Å². The average molecular weight is 317 g/mol. The summed E-state index contributed by atoms with van der Waals surface area (Å²) in [5.74, 6) is -0.678. The number of benzene rings is 2. The molecule has 0 aliphatic heterocycles. The maximum atomic E-state index is 12.4. The van der Waals surface area contributed by atoms with Gasteiger partial charge in [-0.25, -0.2) is 4.98 Å². The molecule has 118 valence electrons. The number of nitrogens with zero attached hydrogens (tertiary/aromatic N) is 1. The van der Waals surface area contributed by atoms with Crippen LogP contribution in [0.15, 0.2) is 79.0 Å². The van der Waals surface area contributed by atoms with Crippen LogP contribution in [0.4, 0.5) is 11.4 Å². The zero-order chi connectivity index (χ0) is 16.8. The number of carbonyl (C=O) groups is 2. The first-order valence-corrected chi connectivity index (χ1v) is 7.42. The zero-order valence-electron chi connectivity index (χ0n) is 12.8. The topological polar surface area (TPSA) is 71.1 Å². The van der Waals surface area contributed by atoms with Crippen molar-refractivity contribution in [1.29, 1.82) is 0 Å². The van der Waals surface area contributed by atoms with Crippen LogP contribution in [0, 0.1) is 0 Å². The minimum absolute atomic E-state index is 0.158. The fourth-order valence-electron chi connectivity index (χ4n) is 2.18. The van der Waals surface area contributed by atoms with Crippen LogP contribution in [-0.4, -0.2) is 16.8 Å². The standard InChI is InChI=1S/C19H15N3O2/c23-18(14-8-3-1-4-9-14)22-16-12-7-13-20-17(16)19(24)21-15-10-5-2-6-11-15/h1-13H,(H,21,24)(H,22,23). The number of aromatic nitrogens is 1. The van der Waals surface area contributed by atoms with E-state index in [1.165, 1.54) is 6.20 Å². The molecule has 0 spiro atoms. The summed E-state index contributed by atoms with van der Waals surface area (Å²) in [5, 5.41) is 5.49. The minimum Gasteiger partial charge on any atom is -0.321 e. The van der Waals surface area contributed by atoms with Crippen molar-refractivity contribution >= 4 is 23.2 Å². The molecule has 1 heterocycles. The molecule has 0 atom stereocenters. The van der Waals surface area contributed by atoms with Gasteiger partial charge in [0.25, 0.3) is 11.8 Å². The van der Waals surface area contributed by atoms with E-state index in [1.807, 2.05) is 24.3 Å². The third kappa shape index (κ3) is 3.64. The first-order chi connectivity index (χ1) is 11.7. The number of amides is 2. The first kappa shape index (κ1) is 15.4. The van der Waals surface area contributed by atoms with Crippen LogP contribution in [0.2, 0.25) is 0 Å². The lowest BCUT2D eigenvalue weighted by Gasteiger charge is -2.10. The molecule has 0 radical (unpaired) electrons. The van der Waals surface area contributed by atoms with Crippen LogP contribution in [0.5, 0.6) is 0 Å². The Labute approximate surface area is 139 Å². The second-order valence-corrected chi connectivity index (χ2v) is 5.04. The van der Waals surface area contributed by atoms with E-state index in [0.717, 1.165) is 0 Å². The Morgan fingerprint density at radius 3 is 2.08 bits per heavy atom. The third-order valence-corrected chi connectivity index (χ3v) is 3.34. The van der Waals surface area contributed by atoms with Gasteiger partial charge in [0, 0.05) is 17.4 Å². The fraction of sp³-hybridized carbons (Fsp3) is 0. The van der Waals surface area contributed by atoms with E-state index in [0.29, 0.717) is 16.9 Å². The quantitative estimate of drug-likeness (QED) is 0.772. The van der Waals surface area contributed by atoms with E-state index in [1.54, 1.807) is 48.5 Å². The smallest absolute Gasteiger partial charge is 0.276 e. The lowest BCUT2D eigenvalue weighted by molar-refractivity contribution is 0.102. The number of hydrogen-bond acceptors (Lipinski definition) is 3. The summed E-state index contributed by atoms with van der Waals surface area (Å²) >= 11 is 0. The van der Waals surface area contributed by atoms with Crippen molar-refractivity contribution in [2.45, 2.75) is 0 Å². The highest BCUT2D eigenvalue weighted by atomic mass is 16.2. The molecule has 2 aromatic carbocycles. The molecular weight excluding hydrogens is 302 g/mol. The summed E-state index contributed by atoms with van der Waals surface area (Å²) in [4.78, 5) is 28.8. The zero-order valence-corrected chi connectivity index (χ0v) is 12.8. The number of carbonyl (C=O) groups excluding carboxylic acids is 2. The maximum Gasteiger partial charge on any atom is 0.276 e. The monoisotopic (exact) mass is 317 g/mol. The Morgan fingerprint density at radius 1 is 0.708 bits per heavy atom. The Bertz CT molecular complexity index is 849. The molecular formula is C19H15N3O2. The van der Waals surface area contributed by atoms with Gasteiger partial charge in [0.2, 0.25) is 0 Å². The molecule has 2 N–H and O–H groups in total. The predicted octanol–water partition coefficient (Wildman–Crippen LogP) is 3.59. The number of rotatable bonds is 4. The summed E-state index contributed by atoms with van der Waals surface area (Å²) in [5.41, 5.74) is 1.69. The molecule has 24 heavy (non-hydrogen) atoms. The van der Waals surface area contributed by atoms with Gasteiger partial charge >= 0.3 is 0 Å². The average Bonchev–Trinajstić information content (AvgIpc) is 2.63. The molecule has 5 heteroatoms. The highest BCUT2D eigenvalue weighted by Crippen LogP contribution is 2.16. The lowest BCUT2D eigenvalue weighted by atomic mass is 10.2. The van der Waals surface area contributed by atoms with E-state index in [-0.39, 0.29) is 17.5 Å². The first-order valence-electron chi connectivity index (χ1n) is 7.42. The van der Waals surface area contributed by atoms with Gasteiger partial charge in [0.05, 0.1) is 5.69 Å². The molecule has 3 aromatic rings. The van der Waals surface area contributed by atoms with Crippen LogP contribution < -0.4 is 10.6 Å². The normalized spacial score (nSPS) is 10.0. The van der Waals surface area contributed by atoms with Gasteiger partial charge in [-0.3, -0.25) is 9.59 Å². The highest BCUT2D eigenvalue weighted by Gasteiger charge is 2.15. The van der Waals surface area contributed by atoms with Crippen molar-refractivity contribution in [3.05, 3.63) is 90.3 Å². The molecule has 1 aromatic heterocycles. The number of hydrogen-bond donors (Lipinski definition) is 2. The molecule has 0 unspecified atom stereocenters. The Hall–Kier alpha value is -3.47. The summed E-state index contributed by atoms with van der Waals surface area (Å²) in [7, 11) is 0. The minimum atomic E-state index is -0.384. The van der Waals surface area contributed by atoms with E-state index >= 15 is 0 Å². The van der Waals surface area contributed by atoms with Crippen LogP contribution in [0.3, 0.4) is 0 Å². The number of para-hydroxylation sites is 1. The van der Waals surface area contributed by atoms with Gasteiger partial charge in [0.1, 0.15) is 0 Å². The highest BCUT2D eigenvalue weighted by molar-refractivity contribution is 6.11. The Kier molecular flexibility index (Phi) is 4.62. The predicted molar refractivity (Wildman–Crippen MR) is 93.0 cm³/mol. The SMILES string of the molecule is O=C(Nc1cccnc1C(=O)Nc1ccccc1)c1ccccc1. The van der Waals surface area contributed by atoms with Crippen molar-refractivity contribution in [2.24, 2.45) is 0 Å². The molecule has 0 aliphatic rings. The van der Waals surface area contributed by atoms with E-state index in [2.05, 4.69) is 15.6 Å². The van der Waals surface area contributed by atoms with Gasteiger partial charge in [0.15, 0.2) is 5.69 Å².